The van der Waals surface area contributed by atoms with Crippen molar-refractivity contribution in [2.45, 2.75) is 18.8 Å². The summed E-state index contributed by atoms with van der Waals surface area (Å²) in [6.07, 6.45) is 0.569. The second-order valence-corrected chi connectivity index (χ2v) is 6.26. The van der Waals surface area contributed by atoms with Crippen LogP contribution in [-0.4, -0.2) is 18.3 Å². The average Bonchev–Trinajstić information content (AvgIpc) is 2.48. The quantitative estimate of drug-likeness (QED) is 0.880. The lowest BCUT2D eigenvalue weighted by Gasteiger charge is -2.32. The van der Waals surface area contributed by atoms with Gasteiger partial charge in [-0.3, -0.25) is 0 Å². The highest BCUT2D eigenvalue weighted by Gasteiger charge is 2.31. The van der Waals surface area contributed by atoms with Crippen molar-refractivity contribution >= 4 is 23.2 Å². The molecule has 0 heterocycles. The summed E-state index contributed by atoms with van der Waals surface area (Å²) in [5.41, 5.74) is 8.57. The third-order valence-electron chi connectivity index (χ3n) is 3.90. The number of aryl methyl sites for hydroxylation is 1. The number of aliphatic hydroxyl groups is 1. The highest BCUT2D eigenvalue weighted by molar-refractivity contribution is 6.35. The molecule has 2 nitrogen and oxygen atoms in total. The van der Waals surface area contributed by atoms with Crippen LogP contribution >= 0.6 is 23.2 Å². The maximum atomic E-state index is 9.96. The molecule has 0 aliphatic heterocycles. The summed E-state index contributed by atoms with van der Waals surface area (Å²) in [6, 6.07) is 13.5. The number of nitrogens with two attached hydrogens (primary N) is 1. The zero-order valence-electron chi connectivity index (χ0n) is 11.9. The Bertz CT molecular complexity index is 607. The second-order valence-electron chi connectivity index (χ2n) is 5.42. The molecule has 1 atom stereocenters. The van der Waals surface area contributed by atoms with Crippen molar-refractivity contribution in [1.29, 1.82) is 0 Å². The molecule has 0 amide bonds. The number of aliphatic hydroxyl groups excluding tert-OH is 1. The normalized spacial score (nSPS) is 14.0. The Labute approximate surface area is 135 Å². The van der Waals surface area contributed by atoms with Gasteiger partial charge in [-0.15, -0.1) is 0 Å². The van der Waals surface area contributed by atoms with Gasteiger partial charge in [-0.1, -0.05) is 59.1 Å². The zero-order chi connectivity index (χ0) is 15.5. The van der Waals surface area contributed by atoms with Crippen molar-refractivity contribution in [2.75, 3.05) is 13.2 Å². The molecule has 0 bridgehead atoms. The van der Waals surface area contributed by atoms with Crippen molar-refractivity contribution in [1.82, 2.24) is 0 Å². The van der Waals surface area contributed by atoms with E-state index in [1.807, 2.05) is 37.3 Å². The molecule has 2 aromatic rings. The fourth-order valence-electron chi connectivity index (χ4n) is 2.44. The molecule has 0 aliphatic rings. The van der Waals surface area contributed by atoms with E-state index in [1.54, 1.807) is 12.1 Å². The highest BCUT2D eigenvalue weighted by Crippen LogP contribution is 2.31. The van der Waals surface area contributed by atoms with Crippen molar-refractivity contribution < 1.29 is 5.11 Å². The van der Waals surface area contributed by atoms with Gasteiger partial charge in [-0.05, 0) is 36.6 Å². The summed E-state index contributed by atoms with van der Waals surface area (Å²) < 4.78 is 0. The lowest BCUT2D eigenvalue weighted by Crippen LogP contribution is -2.41. The SMILES string of the molecule is Cc1ccc(C(CN)(CO)Cc2ccc(Cl)cc2Cl)cc1. The van der Waals surface area contributed by atoms with Gasteiger partial charge in [0.15, 0.2) is 0 Å². The van der Waals surface area contributed by atoms with Crippen molar-refractivity contribution in [3.05, 3.63) is 69.2 Å². The minimum atomic E-state index is -0.537. The first kappa shape index (κ1) is 16.3. The van der Waals surface area contributed by atoms with Crippen LogP contribution in [0.15, 0.2) is 42.5 Å². The summed E-state index contributed by atoms with van der Waals surface area (Å²) in [4.78, 5) is 0. The second kappa shape index (κ2) is 6.80. The van der Waals surface area contributed by atoms with Crippen LogP contribution in [0.25, 0.3) is 0 Å². The van der Waals surface area contributed by atoms with Crippen LogP contribution < -0.4 is 5.73 Å². The largest absolute Gasteiger partial charge is 0.395 e. The van der Waals surface area contributed by atoms with Crippen molar-refractivity contribution in [3.63, 3.8) is 0 Å². The third kappa shape index (κ3) is 3.58. The first-order chi connectivity index (χ1) is 10.0. The third-order valence-corrected chi connectivity index (χ3v) is 4.49. The molecule has 4 heteroatoms. The number of benzene rings is 2. The molecule has 21 heavy (non-hydrogen) atoms. The molecule has 0 aliphatic carbocycles. The number of rotatable bonds is 5. The van der Waals surface area contributed by atoms with Crippen LogP contribution in [0.1, 0.15) is 16.7 Å². The first-order valence-corrected chi connectivity index (χ1v) is 7.58. The van der Waals surface area contributed by atoms with Gasteiger partial charge in [0.05, 0.1) is 6.61 Å². The van der Waals surface area contributed by atoms with E-state index >= 15 is 0 Å². The van der Waals surface area contributed by atoms with Gasteiger partial charge in [0.2, 0.25) is 0 Å². The van der Waals surface area contributed by atoms with Crippen LogP contribution in [0.4, 0.5) is 0 Å². The summed E-state index contributed by atoms with van der Waals surface area (Å²) >= 11 is 12.2. The van der Waals surface area contributed by atoms with Crippen LogP contribution in [0, 0.1) is 6.92 Å². The fraction of sp³-hybridized carbons (Fsp3) is 0.294. The molecule has 112 valence electrons. The predicted molar refractivity (Wildman–Crippen MR) is 89.2 cm³/mol. The Morgan fingerprint density at radius 1 is 1.10 bits per heavy atom. The van der Waals surface area contributed by atoms with Crippen LogP contribution in [0.5, 0.6) is 0 Å². The van der Waals surface area contributed by atoms with Gasteiger partial charge in [0, 0.05) is 22.0 Å². The van der Waals surface area contributed by atoms with E-state index in [1.165, 1.54) is 5.56 Å². The Hall–Kier alpha value is -1.06. The number of hydrogen-bond donors (Lipinski definition) is 2. The van der Waals surface area contributed by atoms with E-state index in [0.29, 0.717) is 23.0 Å². The Balaban J connectivity index is 2.40. The lowest BCUT2D eigenvalue weighted by atomic mass is 9.76. The summed E-state index contributed by atoms with van der Waals surface area (Å²) in [5, 5.41) is 11.2. The Kier molecular flexibility index (Phi) is 5.28. The molecule has 1 unspecified atom stereocenters. The van der Waals surface area contributed by atoms with Crippen LogP contribution in [-0.2, 0) is 11.8 Å². The van der Waals surface area contributed by atoms with Crippen LogP contribution in [0.3, 0.4) is 0 Å². The maximum absolute atomic E-state index is 9.96. The molecule has 0 aromatic heterocycles. The molecule has 0 fully saturated rings. The van der Waals surface area contributed by atoms with Crippen molar-refractivity contribution in [2.24, 2.45) is 5.73 Å². The summed E-state index contributed by atoms with van der Waals surface area (Å²) in [5.74, 6) is 0. The predicted octanol–water partition coefficient (Wildman–Crippen LogP) is 3.73. The molecule has 0 saturated carbocycles. The summed E-state index contributed by atoms with van der Waals surface area (Å²) in [6.45, 7) is 2.33. The molecule has 0 radical (unpaired) electrons. The van der Waals surface area contributed by atoms with Gasteiger partial charge in [-0.25, -0.2) is 0 Å². The van der Waals surface area contributed by atoms with E-state index in [9.17, 15) is 5.11 Å². The molecule has 2 rings (SSSR count). The lowest BCUT2D eigenvalue weighted by molar-refractivity contribution is 0.196. The molecule has 0 spiro atoms. The van der Waals surface area contributed by atoms with Gasteiger partial charge < -0.3 is 10.8 Å². The fourth-order valence-corrected chi connectivity index (χ4v) is 2.92. The standard InChI is InChI=1S/C17H19Cl2NO/c1-12-2-5-14(6-3-12)17(10-20,11-21)9-13-4-7-15(18)8-16(13)19/h2-8,21H,9-11,20H2,1H3. The Morgan fingerprint density at radius 3 is 2.29 bits per heavy atom. The van der Waals surface area contributed by atoms with Gasteiger partial charge in [0.1, 0.15) is 0 Å². The first-order valence-electron chi connectivity index (χ1n) is 6.83. The zero-order valence-corrected chi connectivity index (χ0v) is 13.5. The topological polar surface area (TPSA) is 46.2 Å². The van der Waals surface area contributed by atoms with E-state index in [0.717, 1.165) is 11.1 Å². The van der Waals surface area contributed by atoms with E-state index < -0.39 is 5.41 Å². The van der Waals surface area contributed by atoms with E-state index in [2.05, 4.69) is 0 Å². The van der Waals surface area contributed by atoms with E-state index in [-0.39, 0.29) is 6.61 Å². The number of hydrogen-bond acceptors (Lipinski definition) is 2. The molecule has 3 N–H and O–H groups in total. The smallest absolute Gasteiger partial charge is 0.0543 e. The average molecular weight is 324 g/mol. The van der Waals surface area contributed by atoms with Gasteiger partial charge >= 0.3 is 0 Å². The molecule has 0 saturated heterocycles. The van der Waals surface area contributed by atoms with Crippen LogP contribution in [0.2, 0.25) is 10.0 Å². The summed E-state index contributed by atoms with van der Waals surface area (Å²) in [7, 11) is 0. The molecular formula is C17H19Cl2NO. The minimum Gasteiger partial charge on any atom is -0.395 e. The maximum Gasteiger partial charge on any atom is 0.0543 e. The Morgan fingerprint density at radius 2 is 1.76 bits per heavy atom. The minimum absolute atomic E-state index is 0.0362. The van der Waals surface area contributed by atoms with Gasteiger partial charge in [0.25, 0.3) is 0 Å². The highest BCUT2D eigenvalue weighted by atomic mass is 35.5. The van der Waals surface area contributed by atoms with Crippen molar-refractivity contribution in [3.8, 4) is 0 Å². The molecular weight excluding hydrogens is 305 g/mol. The van der Waals surface area contributed by atoms with E-state index in [4.69, 9.17) is 28.9 Å². The van der Waals surface area contributed by atoms with Gasteiger partial charge in [-0.2, -0.15) is 0 Å². The number of halogens is 2. The molecule has 2 aromatic carbocycles. The monoisotopic (exact) mass is 323 g/mol.